The zero-order chi connectivity index (χ0) is 19.1. The van der Waals surface area contributed by atoms with Gasteiger partial charge in [-0.05, 0) is 12.8 Å². The zero-order valence-corrected chi connectivity index (χ0v) is 16.7. The first-order valence-corrected chi connectivity index (χ1v) is 10.6. The summed E-state index contributed by atoms with van der Waals surface area (Å²) in [5, 5.41) is 22.1. The van der Waals surface area contributed by atoms with Crippen molar-refractivity contribution in [3.63, 3.8) is 0 Å². The lowest BCUT2D eigenvalue weighted by Crippen LogP contribution is -2.41. The molecule has 1 aromatic carbocycles. The Morgan fingerprint density at radius 3 is 2.67 bits per heavy atom. The summed E-state index contributed by atoms with van der Waals surface area (Å²) in [7, 11) is 1.94. The van der Waals surface area contributed by atoms with E-state index in [9.17, 15) is 9.90 Å². The van der Waals surface area contributed by atoms with Crippen LogP contribution in [0.2, 0.25) is 0 Å². The van der Waals surface area contributed by atoms with E-state index in [1.165, 1.54) is 18.2 Å². The number of thioether (sulfide) groups is 1. The van der Waals surface area contributed by atoms with Gasteiger partial charge in [-0.2, -0.15) is 0 Å². The summed E-state index contributed by atoms with van der Waals surface area (Å²) in [6, 6.07) is 9.95. The van der Waals surface area contributed by atoms with Crippen molar-refractivity contribution in [2.75, 3.05) is 18.9 Å². The topological polar surface area (TPSA) is 80.0 Å². The second-order valence-electron chi connectivity index (χ2n) is 7.33. The van der Waals surface area contributed by atoms with E-state index in [1.807, 2.05) is 41.9 Å². The van der Waals surface area contributed by atoms with Crippen molar-refractivity contribution in [3.8, 4) is 11.4 Å². The van der Waals surface area contributed by atoms with E-state index < -0.39 is 0 Å². The number of aliphatic hydroxyl groups excluding tert-OH is 1. The molecule has 1 saturated carbocycles. The first-order chi connectivity index (χ1) is 13.1. The Balaban J connectivity index is 1.46. The van der Waals surface area contributed by atoms with Crippen molar-refractivity contribution in [2.24, 2.45) is 12.5 Å². The molecule has 7 heteroatoms. The van der Waals surface area contributed by atoms with Gasteiger partial charge < -0.3 is 15.0 Å². The van der Waals surface area contributed by atoms with Gasteiger partial charge in [0.15, 0.2) is 11.0 Å². The molecule has 0 bridgehead atoms. The van der Waals surface area contributed by atoms with Crippen LogP contribution >= 0.6 is 11.8 Å². The van der Waals surface area contributed by atoms with Crippen LogP contribution in [0.4, 0.5) is 0 Å². The van der Waals surface area contributed by atoms with Gasteiger partial charge in [0.1, 0.15) is 0 Å². The van der Waals surface area contributed by atoms with Crippen molar-refractivity contribution in [1.82, 2.24) is 20.1 Å². The molecular weight excluding hydrogens is 360 g/mol. The second-order valence-corrected chi connectivity index (χ2v) is 8.39. The normalized spacial score (nSPS) is 16.2. The summed E-state index contributed by atoms with van der Waals surface area (Å²) in [5.41, 5.74) is 0.911. The smallest absolute Gasteiger partial charge is 0.220 e. The Morgan fingerprint density at radius 1 is 1.22 bits per heavy atom. The summed E-state index contributed by atoms with van der Waals surface area (Å²) < 4.78 is 1.96. The summed E-state index contributed by atoms with van der Waals surface area (Å²) in [5.74, 6) is 1.51. The predicted molar refractivity (Wildman–Crippen MR) is 107 cm³/mol. The number of hydrogen-bond donors (Lipinski definition) is 2. The number of amides is 1. The van der Waals surface area contributed by atoms with Crippen LogP contribution < -0.4 is 5.32 Å². The molecule has 0 saturated heterocycles. The molecule has 0 spiro atoms. The van der Waals surface area contributed by atoms with Crippen LogP contribution in [0.25, 0.3) is 11.4 Å². The van der Waals surface area contributed by atoms with Crippen molar-refractivity contribution < 1.29 is 9.90 Å². The summed E-state index contributed by atoms with van der Waals surface area (Å²) in [6.07, 6.45) is 5.94. The van der Waals surface area contributed by atoms with E-state index in [0.29, 0.717) is 18.7 Å². The Morgan fingerprint density at radius 2 is 1.96 bits per heavy atom. The number of aliphatic hydroxyl groups is 1. The summed E-state index contributed by atoms with van der Waals surface area (Å²) in [6.45, 7) is 0.734. The van der Waals surface area contributed by atoms with E-state index in [4.69, 9.17) is 0 Å². The highest BCUT2D eigenvalue weighted by molar-refractivity contribution is 7.99. The van der Waals surface area contributed by atoms with Crippen LogP contribution in [-0.4, -0.2) is 44.7 Å². The lowest BCUT2D eigenvalue weighted by Gasteiger charge is -2.35. The largest absolute Gasteiger partial charge is 0.396 e. The third kappa shape index (κ3) is 5.11. The molecule has 146 valence electrons. The third-order valence-corrected chi connectivity index (χ3v) is 6.36. The van der Waals surface area contributed by atoms with E-state index in [0.717, 1.165) is 42.2 Å². The molecular formula is C20H28N4O2S. The van der Waals surface area contributed by atoms with Crippen LogP contribution in [0.1, 0.15) is 38.5 Å². The van der Waals surface area contributed by atoms with Crippen molar-refractivity contribution in [1.29, 1.82) is 0 Å². The summed E-state index contributed by atoms with van der Waals surface area (Å²) in [4.78, 5) is 12.2. The number of carbonyl (C=O) groups excluding carboxylic acids is 1. The number of nitrogens with one attached hydrogen (secondary N) is 1. The van der Waals surface area contributed by atoms with Gasteiger partial charge in [0.2, 0.25) is 5.91 Å². The Bertz CT molecular complexity index is 742. The van der Waals surface area contributed by atoms with Crippen LogP contribution in [0.5, 0.6) is 0 Å². The van der Waals surface area contributed by atoms with Crippen LogP contribution in [-0.2, 0) is 11.8 Å². The number of rotatable bonds is 8. The van der Waals surface area contributed by atoms with Crippen molar-refractivity contribution in [2.45, 2.75) is 43.7 Å². The third-order valence-electron chi connectivity index (χ3n) is 5.34. The molecule has 6 nitrogen and oxygen atoms in total. The number of carbonyl (C=O) groups is 1. The van der Waals surface area contributed by atoms with Gasteiger partial charge in [-0.25, -0.2) is 0 Å². The molecule has 2 N–H and O–H groups in total. The molecule has 0 aliphatic heterocycles. The molecule has 1 aliphatic carbocycles. The van der Waals surface area contributed by atoms with Gasteiger partial charge in [0.25, 0.3) is 0 Å². The fourth-order valence-electron chi connectivity index (χ4n) is 3.58. The van der Waals surface area contributed by atoms with Crippen LogP contribution in [0, 0.1) is 5.41 Å². The molecule has 0 atom stereocenters. The molecule has 1 amide bonds. The van der Waals surface area contributed by atoms with E-state index in [2.05, 4.69) is 15.5 Å². The molecule has 1 heterocycles. The molecule has 0 radical (unpaired) electrons. The first-order valence-electron chi connectivity index (χ1n) is 9.59. The highest BCUT2D eigenvalue weighted by atomic mass is 32.2. The number of hydrogen-bond acceptors (Lipinski definition) is 5. The van der Waals surface area contributed by atoms with Crippen molar-refractivity contribution >= 4 is 17.7 Å². The number of benzene rings is 1. The highest BCUT2D eigenvalue weighted by Gasteiger charge is 2.31. The van der Waals surface area contributed by atoms with E-state index in [-0.39, 0.29) is 17.9 Å². The zero-order valence-electron chi connectivity index (χ0n) is 15.9. The molecule has 27 heavy (non-hydrogen) atoms. The van der Waals surface area contributed by atoms with E-state index >= 15 is 0 Å². The average Bonchev–Trinajstić information content (AvgIpc) is 3.08. The monoisotopic (exact) mass is 388 g/mol. The molecule has 1 aromatic heterocycles. The van der Waals surface area contributed by atoms with Crippen molar-refractivity contribution in [3.05, 3.63) is 30.3 Å². The average molecular weight is 389 g/mol. The first kappa shape index (κ1) is 19.9. The van der Waals surface area contributed by atoms with Gasteiger partial charge in [-0.1, -0.05) is 61.4 Å². The molecule has 0 unspecified atom stereocenters. The second kappa shape index (κ2) is 9.37. The Labute approximate surface area is 164 Å². The number of aromatic nitrogens is 3. The standard InChI is InChI=1S/C20H28N4O2S/c1-24-18(16-8-4-2-5-9-16)22-23-19(24)27-13-10-17(26)21-14-20(15-25)11-6-3-7-12-20/h2,4-5,8-9,25H,3,6-7,10-15H2,1H3,(H,21,26). The lowest BCUT2D eigenvalue weighted by atomic mass is 9.74. The maximum Gasteiger partial charge on any atom is 0.220 e. The van der Waals surface area contributed by atoms with Crippen LogP contribution in [0.3, 0.4) is 0 Å². The molecule has 1 fully saturated rings. The minimum atomic E-state index is -0.116. The molecule has 2 aromatic rings. The summed E-state index contributed by atoms with van der Waals surface area (Å²) >= 11 is 1.54. The van der Waals surface area contributed by atoms with Gasteiger partial charge in [0, 0.05) is 36.7 Å². The van der Waals surface area contributed by atoms with Gasteiger partial charge in [-0.15, -0.1) is 10.2 Å². The van der Waals surface area contributed by atoms with Gasteiger partial charge >= 0.3 is 0 Å². The Hall–Kier alpha value is -1.86. The van der Waals surface area contributed by atoms with Gasteiger partial charge in [0.05, 0.1) is 6.61 Å². The SMILES string of the molecule is Cn1c(SCCC(=O)NCC2(CO)CCCCC2)nnc1-c1ccccc1. The predicted octanol–water partition coefficient (Wildman–Crippen LogP) is 3.02. The quantitative estimate of drug-likeness (QED) is 0.680. The highest BCUT2D eigenvalue weighted by Crippen LogP contribution is 2.35. The lowest BCUT2D eigenvalue weighted by molar-refractivity contribution is -0.121. The maximum absolute atomic E-state index is 12.2. The number of nitrogens with zero attached hydrogens (tertiary/aromatic N) is 3. The fraction of sp³-hybridized carbons (Fsp3) is 0.550. The minimum Gasteiger partial charge on any atom is -0.396 e. The molecule has 3 rings (SSSR count). The van der Waals surface area contributed by atoms with Gasteiger partial charge in [-0.3, -0.25) is 4.79 Å². The molecule has 1 aliphatic rings. The van der Waals surface area contributed by atoms with Crippen LogP contribution in [0.15, 0.2) is 35.5 Å². The fourth-order valence-corrected chi connectivity index (χ4v) is 4.43. The minimum absolute atomic E-state index is 0.0337. The maximum atomic E-state index is 12.2. The Kier molecular flexibility index (Phi) is 6.90. The van der Waals surface area contributed by atoms with E-state index in [1.54, 1.807) is 0 Å².